The number of thiazole rings is 1. The van der Waals surface area contributed by atoms with Gasteiger partial charge >= 0.3 is 5.97 Å². The van der Waals surface area contributed by atoms with Gasteiger partial charge in [0.1, 0.15) is 9.88 Å². The molecule has 0 aliphatic carbocycles. The molecule has 0 unspecified atom stereocenters. The van der Waals surface area contributed by atoms with Crippen molar-refractivity contribution in [3.05, 3.63) is 50.4 Å². The van der Waals surface area contributed by atoms with E-state index in [0.29, 0.717) is 28.6 Å². The zero-order valence-electron chi connectivity index (χ0n) is 11.3. The van der Waals surface area contributed by atoms with Crippen molar-refractivity contribution in [2.75, 3.05) is 14.1 Å². The number of aromatic nitrogens is 1. The van der Waals surface area contributed by atoms with Crippen LogP contribution in [0.5, 0.6) is 0 Å². The van der Waals surface area contributed by atoms with E-state index in [2.05, 4.69) is 4.98 Å². The zero-order chi connectivity index (χ0) is 14.7. The number of hydrogen-bond donors (Lipinski definition) is 1. The van der Waals surface area contributed by atoms with Crippen molar-refractivity contribution in [2.24, 2.45) is 0 Å². The molecule has 0 aliphatic heterocycles. The molecule has 0 aliphatic rings. The van der Waals surface area contributed by atoms with Crippen LogP contribution < -0.4 is 0 Å². The Bertz CT molecular complexity index is 608. The molecule has 0 bridgehead atoms. The molecular formula is C14H15ClN2O2S. The lowest BCUT2D eigenvalue weighted by atomic mass is 10.1. The van der Waals surface area contributed by atoms with E-state index >= 15 is 0 Å². The van der Waals surface area contributed by atoms with Gasteiger partial charge in [0, 0.05) is 18.0 Å². The van der Waals surface area contributed by atoms with E-state index in [4.69, 9.17) is 11.6 Å². The van der Waals surface area contributed by atoms with Crippen LogP contribution in [0.15, 0.2) is 24.3 Å². The summed E-state index contributed by atoms with van der Waals surface area (Å²) >= 11 is 7.08. The summed E-state index contributed by atoms with van der Waals surface area (Å²) in [6, 6.07) is 7.37. The third-order valence-electron chi connectivity index (χ3n) is 2.67. The van der Waals surface area contributed by atoms with Gasteiger partial charge in [0.2, 0.25) is 0 Å². The van der Waals surface area contributed by atoms with E-state index in [1.165, 1.54) is 11.3 Å². The predicted octanol–water partition coefficient (Wildman–Crippen LogP) is 3.15. The van der Waals surface area contributed by atoms with Gasteiger partial charge in [-0.1, -0.05) is 23.7 Å². The standard InChI is InChI=1S/C14H15ClN2O2S/c1-17(2)8-12-16-11(13(20-12)14(18)19)7-9-3-5-10(15)6-4-9/h3-6H,7-8H2,1-2H3,(H,18,19). The number of rotatable bonds is 5. The normalized spacial score (nSPS) is 11.0. The number of carbonyl (C=O) groups is 1. The van der Waals surface area contributed by atoms with E-state index < -0.39 is 5.97 Å². The van der Waals surface area contributed by atoms with Gasteiger partial charge in [-0.25, -0.2) is 9.78 Å². The maximum absolute atomic E-state index is 11.3. The molecular weight excluding hydrogens is 296 g/mol. The molecule has 106 valence electrons. The Morgan fingerprint density at radius 3 is 2.55 bits per heavy atom. The van der Waals surface area contributed by atoms with E-state index in [9.17, 15) is 9.90 Å². The fourth-order valence-corrected chi connectivity index (χ4v) is 2.98. The number of carboxylic acids is 1. The van der Waals surface area contributed by atoms with Gasteiger partial charge in [0.15, 0.2) is 0 Å². The Balaban J connectivity index is 2.27. The van der Waals surface area contributed by atoms with Crippen LogP contribution >= 0.6 is 22.9 Å². The Labute approximate surface area is 126 Å². The summed E-state index contributed by atoms with van der Waals surface area (Å²) in [7, 11) is 3.86. The van der Waals surface area contributed by atoms with Gasteiger partial charge in [0.05, 0.1) is 5.69 Å². The van der Waals surface area contributed by atoms with Gasteiger partial charge in [-0.15, -0.1) is 11.3 Å². The highest BCUT2D eigenvalue weighted by Gasteiger charge is 2.17. The number of benzene rings is 1. The second-order valence-electron chi connectivity index (χ2n) is 4.73. The van der Waals surface area contributed by atoms with Gasteiger partial charge in [-0.05, 0) is 31.8 Å². The van der Waals surface area contributed by atoms with Crippen LogP contribution in [0.2, 0.25) is 5.02 Å². The first-order valence-electron chi connectivity index (χ1n) is 6.06. The van der Waals surface area contributed by atoms with Crippen molar-refractivity contribution in [2.45, 2.75) is 13.0 Å². The lowest BCUT2D eigenvalue weighted by Crippen LogP contribution is -2.10. The molecule has 1 aromatic carbocycles. The topological polar surface area (TPSA) is 53.4 Å². The second kappa shape index (κ2) is 6.35. The Morgan fingerprint density at radius 1 is 1.35 bits per heavy atom. The van der Waals surface area contributed by atoms with Crippen molar-refractivity contribution >= 4 is 28.9 Å². The van der Waals surface area contributed by atoms with Crippen LogP contribution in [0.4, 0.5) is 0 Å². The average Bonchev–Trinajstić information content (AvgIpc) is 2.74. The fourth-order valence-electron chi connectivity index (χ4n) is 1.82. The van der Waals surface area contributed by atoms with Crippen molar-refractivity contribution in [1.82, 2.24) is 9.88 Å². The van der Waals surface area contributed by atoms with Crippen LogP contribution in [-0.4, -0.2) is 35.1 Å². The molecule has 1 aromatic heterocycles. The third kappa shape index (κ3) is 3.79. The van der Waals surface area contributed by atoms with Crippen LogP contribution in [0.1, 0.15) is 25.9 Å². The first kappa shape index (κ1) is 15.0. The number of hydrogen-bond acceptors (Lipinski definition) is 4. The summed E-state index contributed by atoms with van der Waals surface area (Å²) in [5.74, 6) is -0.920. The number of halogens is 1. The van der Waals surface area contributed by atoms with Crippen LogP contribution in [0, 0.1) is 0 Å². The molecule has 4 nitrogen and oxygen atoms in total. The maximum Gasteiger partial charge on any atom is 0.347 e. The first-order chi connectivity index (χ1) is 9.45. The predicted molar refractivity (Wildman–Crippen MR) is 80.7 cm³/mol. The van der Waals surface area contributed by atoms with Crippen molar-refractivity contribution in [1.29, 1.82) is 0 Å². The molecule has 2 rings (SSSR count). The monoisotopic (exact) mass is 310 g/mol. The molecule has 0 amide bonds. The molecule has 20 heavy (non-hydrogen) atoms. The van der Waals surface area contributed by atoms with E-state index in [-0.39, 0.29) is 0 Å². The molecule has 0 saturated carbocycles. The fraction of sp³-hybridized carbons (Fsp3) is 0.286. The van der Waals surface area contributed by atoms with Crippen molar-refractivity contribution < 1.29 is 9.90 Å². The summed E-state index contributed by atoms with van der Waals surface area (Å²) < 4.78 is 0. The Morgan fingerprint density at radius 2 is 2.00 bits per heavy atom. The molecule has 1 N–H and O–H groups in total. The SMILES string of the molecule is CN(C)Cc1nc(Cc2ccc(Cl)cc2)c(C(=O)O)s1. The second-order valence-corrected chi connectivity index (χ2v) is 6.25. The third-order valence-corrected chi connectivity index (χ3v) is 3.99. The molecule has 0 spiro atoms. The summed E-state index contributed by atoms with van der Waals surface area (Å²) in [5, 5.41) is 10.8. The lowest BCUT2D eigenvalue weighted by Gasteiger charge is -2.05. The highest BCUT2D eigenvalue weighted by Crippen LogP contribution is 2.23. The number of carboxylic acid groups (broad SMARTS) is 1. The molecule has 0 atom stereocenters. The minimum Gasteiger partial charge on any atom is -0.477 e. The maximum atomic E-state index is 11.3. The highest BCUT2D eigenvalue weighted by atomic mass is 35.5. The zero-order valence-corrected chi connectivity index (χ0v) is 12.8. The quantitative estimate of drug-likeness (QED) is 0.921. The molecule has 0 saturated heterocycles. The van der Waals surface area contributed by atoms with Crippen molar-refractivity contribution in [3.63, 3.8) is 0 Å². The van der Waals surface area contributed by atoms with Gasteiger partial charge in [0.25, 0.3) is 0 Å². The average molecular weight is 311 g/mol. The van der Waals surface area contributed by atoms with Crippen LogP contribution in [0.3, 0.4) is 0 Å². The summed E-state index contributed by atoms with van der Waals surface area (Å²) in [4.78, 5) is 18.0. The summed E-state index contributed by atoms with van der Waals surface area (Å²) in [5.41, 5.74) is 1.61. The van der Waals surface area contributed by atoms with Crippen molar-refractivity contribution in [3.8, 4) is 0 Å². The molecule has 0 radical (unpaired) electrons. The smallest absolute Gasteiger partial charge is 0.347 e. The highest BCUT2D eigenvalue weighted by molar-refractivity contribution is 7.13. The minimum absolute atomic E-state index is 0.316. The Hall–Kier alpha value is -1.43. The number of aromatic carboxylic acids is 1. The molecule has 6 heteroatoms. The number of nitrogens with zero attached hydrogens (tertiary/aromatic N) is 2. The first-order valence-corrected chi connectivity index (χ1v) is 7.26. The van der Waals surface area contributed by atoms with Crippen LogP contribution in [-0.2, 0) is 13.0 Å². The lowest BCUT2D eigenvalue weighted by molar-refractivity contribution is 0.0701. The van der Waals surface area contributed by atoms with Gasteiger partial charge in [-0.2, -0.15) is 0 Å². The summed E-state index contributed by atoms with van der Waals surface area (Å²) in [6.07, 6.45) is 0.503. The molecule has 0 fully saturated rings. The molecule has 1 heterocycles. The largest absolute Gasteiger partial charge is 0.477 e. The van der Waals surface area contributed by atoms with Crippen LogP contribution in [0.25, 0.3) is 0 Å². The minimum atomic E-state index is -0.920. The summed E-state index contributed by atoms with van der Waals surface area (Å²) in [6.45, 7) is 0.644. The van der Waals surface area contributed by atoms with Gasteiger partial charge < -0.3 is 10.0 Å². The molecule has 2 aromatic rings. The van der Waals surface area contributed by atoms with Gasteiger partial charge in [-0.3, -0.25) is 0 Å². The van der Waals surface area contributed by atoms with E-state index in [0.717, 1.165) is 10.6 Å². The Kier molecular flexibility index (Phi) is 4.75. The van der Waals surface area contributed by atoms with E-state index in [1.54, 1.807) is 12.1 Å². The van der Waals surface area contributed by atoms with E-state index in [1.807, 2.05) is 31.1 Å².